The number of pyridine rings is 1. The Morgan fingerprint density at radius 3 is 2.77 bits per heavy atom. The topological polar surface area (TPSA) is 95.6 Å². The van der Waals surface area contributed by atoms with E-state index in [2.05, 4.69) is 5.32 Å². The third-order valence-electron chi connectivity index (χ3n) is 5.42. The van der Waals surface area contributed by atoms with Crippen molar-refractivity contribution in [1.29, 1.82) is 0 Å². The summed E-state index contributed by atoms with van der Waals surface area (Å²) in [4.78, 5) is 24.9. The van der Waals surface area contributed by atoms with E-state index in [1.54, 1.807) is 23.8 Å². The maximum Gasteiger partial charge on any atom is 0.260 e. The Morgan fingerprint density at radius 2 is 2.07 bits per heavy atom. The fourth-order valence-electron chi connectivity index (χ4n) is 4.06. The van der Waals surface area contributed by atoms with Gasteiger partial charge in [0, 0.05) is 35.7 Å². The first-order valence-electron chi connectivity index (χ1n) is 9.98. The van der Waals surface area contributed by atoms with E-state index in [0.29, 0.717) is 41.2 Å². The van der Waals surface area contributed by atoms with E-state index in [1.165, 1.54) is 6.92 Å². The summed E-state index contributed by atoms with van der Waals surface area (Å²) in [5, 5.41) is 3.93. The largest absolute Gasteiger partial charge is 0.496 e. The molecule has 0 spiro atoms. The van der Waals surface area contributed by atoms with Gasteiger partial charge >= 0.3 is 0 Å². The molecular weight excluding hydrogens is 382 g/mol. The Hall–Kier alpha value is -3.32. The molecule has 3 aromatic rings. The minimum Gasteiger partial charge on any atom is -0.496 e. The molecule has 1 aliphatic heterocycles. The third-order valence-corrected chi connectivity index (χ3v) is 5.42. The number of aromatic nitrogens is 1. The standard InChI is InChI=1S/C23H25N3O4/c1-14(27)25-15-9-10-17-19(12-15)23(28)26(13-16-6-5-11-30-16)22(24)21(17)18-7-3-4-8-20(18)29-2/h3-4,7-10,12,16H,5-6,11,13,24H2,1-2H3,(H,25,27). The van der Waals surface area contributed by atoms with Crippen LogP contribution in [-0.2, 0) is 16.1 Å². The van der Waals surface area contributed by atoms with Crippen LogP contribution < -0.4 is 21.3 Å². The second-order valence-corrected chi connectivity index (χ2v) is 7.45. The Bertz CT molecular complexity index is 1160. The van der Waals surface area contributed by atoms with E-state index >= 15 is 0 Å². The lowest BCUT2D eigenvalue weighted by atomic mass is 9.97. The van der Waals surface area contributed by atoms with Crippen molar-refractivity contribution in [3.8, 4) is 16.9 Å². The Kier molecular flexibility index (Phi) is 5.46. The lowest BCUT2D eigenvalue weighted by molar-refractivity contribution is -0.114. The number of para-hydroxylation sites is 1. The van der Waals surface area contributed by atoms with Crippen molar-refractivity contribution >= 4 is 28.2 Å². The molecule has 1 amide bonds. The number of benzene rings is 2. The molecule has 3 N–H and O–H groups in total. The lowest BCUT2D eigenvalue weighted by Crippen LogP contribution is -2.29. The van der Waals surface area contributed by atoms with Crippen molar-refractivity contribution in [2.24, 2.45) is 0 Å². The van der Waals surface area contributed by atoms with E-state index in [1.807, 2.05) is 30.3 Å². The smallest absolute Gasteiger partial charge is 0.260 e. The molecule has 156 valence electrons. The van der Waals surface area contributed by atoms with Crippen LogP contribution in [0.3, 0.4) is 0 Å². The first kappa shape index (κ1) is 20.0. The van der Waals surface area contributed by atoms with Crippen LogP contribution in [0.25, 0.3) is 21.9 Å². The predicted molar refractivity (Wildman–Crippen MR) is 118 cm³/mol. The van der Waals surface area contributed by atoms with Gasteiger partial charge < -0.3 is 20.5 Å². The highest BCUT2D eigenvalue weighted by atomic mass is 16.5. The van der Waals surface area contributed by atoms with Gasteiger partial charge in [-0.15, -0.1) is 0 Å². The number of nitrogens with two attached hydrogens (primary N) is 1. The van der Waals surface area contributed by atoms with E-state index in [9.17, 15) is 9.59 Å². The average molecular weight is 407 g/mol. The summed E-state index contributed by atoms with van der Waals surface area (Å²) in [5.41, 5.74) is 8.47. The predicted octanol–water partition coefficient (Wildman–Crippen LogP) is 3.40. The summed E-state index contributed by atoms with van der Waals surface area (Å²) in [6.45, 7) is 2.51. The Balaban J connectivity index is 2.00. The second-order valence-electron chi connectivity index (χ2n) is 7.45. The number of carbonyl (C=O) groups is 1. The number of hydrogen-bond donors (Lipinski definition) is 2. The molecule has 2 heterocycles. The maximum absolute atomic E-state index is 13.4. The van der Waals surface area contributed by atoms with Crippen LogP contribution in [0.4, 0.5) is 11.5 Å². The van der Waals surface area contributed by atoms with Crippen molar-refractivity contribution in [3.63, 3.8) is 0 Å². The first-order valence-corrected chi connectivity index (χ1v) is 9.98. The Morgan fingerprint density at radius 1 is 1.27 bits per heavy atom. The molecule has 30 heavy (non-hydrogen) atoms. The summed E-state index contributed by atoms with van der Waals surface area (Å²) in [6, 6.07) is 12.9. The molecule has 1 unspecified atom stereocenters. The number of amides is 1. The zero-order chi connectivity index (χ0) is 21.3. The molecule has 0 aliphatic carbocycles. The molecule has 2 aromatic carbocycles. The van der Waals surface area contributed by atoms with Crippen LogP contribution in [0.1, 0.15) is 19.8 Å². The number of anilines is 2. The average Bonchev–Trinajstić information content (AvgIpc) is 3.25. The van der Waals surface area contributed by atoms with Gasteiger partial charge in [-0.2, -0.15) is 0 Å². The van der Waals surface area contributed by atoms with Crippen LogP contribution in [0.2, 0.25) is 0 Å². The normalized spacial score (nSPS) is 16.0. The van der Waals surface area contributed by atoms with Gasteiger partial charge in [-0.25, -0.2) is 0 Å². The maximum atomic E-state index is 13.4. The third kappa shape index (κ3) is 3.64. The number of nitrogens with one attached hydrogen (secondary N) is 1. The fraction of sp³-hybridized carbons (Fsp3) is 0.304. The molecular formula is C23H25N3O4. The summed E-state index contributed by atoms with van der Waals surface area (Å²) in [5.74, 6) is 0.841. The molecule has 1 saturated heterocycles. The molecule has 0 radical (unpaired) electrons. The number of nitrogen functional groups attached to an aromatic ring is 1. The Labute approximate surface area is 174 Å². The van der Waals surface area contributed by atoms with Gasteiger partial charge in [0.15, 0.2) is 0 Å². The van der Waals surface area contributed by atoms with Crippen molar-refractivity contribution in [1.82, 2.24) is 4.57 Å². The van der Waals surface area contributed by atoms with E-state index in [0.717, 1.165) is 24.0 Å². The number of nitrogens with zero attached hydrogens (tertiary/aromatic N) is 1. The molecule has 1 aliphatic rings. The number of carbonyl (C=O) groups excluding carboxylic acids is 1. The second kappa shape index (κ2) is 8.20. The van der Waals surface area contributed by atoms with Crippen LogP contribution in [0.5, 0.6) is 5.75 Å². The molecule has 0 bridgehead atoms. The van der Waals surface area contributed by atoms with Gasteiger partial charge in [0.25, 0.3) is 5.56 Å². The summed E-state index contributed by atoms with van der Waals surface area (Å²) in [7, 11) is 1.61. The van der Waals surface area contributed by atoms with Crippen molar-refractivity contribution in [2.75, 3.05) is 24.8 Å². The first-order chi connectivity index (χ1) is 14.5. The summed E-state index contributed by atoms with van der Waals surface area (Å²) < 4.78 is 12.9. The van der Waals surface area contributed by atoms with Gasteiger partial charge in [-0.3, -0.25) is 14.2 Å². The van der Waals surface area contributed by atoms with Gasteiger partial charge in [-0.1, -0.05) is 24.3 Å². The van der Waals surface area contributed by atoms with Crippen LogP contribution in [0, 0.1) is 0 Å². The molecule has 1 aromatic heterocycles. The summed E-state index contributed by atoms with van der Waals surface area (Å²) in [6.07, 6.45) is 1.81. The highest BCUT2D eigenvalue weighted by molar-refractivity contribution is 6.04. The van der Waals surface area contributed by atoms with Gasteiger partial charge in [-0.05, 0) is 36.4 Å². The highest BCUT2D eigenvalue weighted by Gasteiger charge is 2.23. The fourth-order valence-corrected chi connectivity index (χ4v) is 4.06. The van der Waals surface area contributed by atoms with E-state index in [4.69, 9.17) is 15.2 Å². The number of methoxy groups -OCH3 is 1. The number of rotatable bonds is 5. The van der Waals surface area contributed by atoms with E-state index < -0.39 is 0 Å². The SMILES string of the molecule is COc1ccccc1-c1c(N)n(CC2CCCO2)c(=O)c2cc(NC(C)=O)ccc12. The molecule has 1 fully saturated rings. The highest BCUT2D eigenvalue weighted by Crippen LogP contribution is 2.38. The molecule has 4 rings (SSSR count). The zero-order valence-corrected chi connectivity index (χ0v) is 17.1. The minimum atomic E-state index is -0.205. The van der Waals surface area contributed by atoms with Crippen molar-refractivity contribution in [2.45, 2.75) is 32.4 Å². The van der Waals surface area contributed by atoms with Gasteiger partial charge in [0.05, 0.1) is 19.8 Å². The molecule has 7 heteroatoms. The number of fused-ring (bicyclic) bond motifs is 1. The lowest BCUT2D eigenvalue weighted by Gasteiger charge is -2.20. The van der Waals surface area contributed by atoms with Gasteiger partial charge in [0.1, 0.15) is 11.6 Å². The van der Waals surface area contributed by atoms with Crippen molar-refractivity contribution in [3.05, 3.63) is 52.8 Å². The zero-order valence-electron chi connectivity index (χ0n) is 17.1. The molecule has 7 nitrogen and oxygen atoms in total. The quantitative estimate of drug-likeness (QED) is 0.676. The van der Waals surface area contributed by atoms with Crippen LogP contribution in [-0.4, -0.2) is 30.3 Å². The summed E-state index contributed by atoms with van der Waals surface area (Å²) >= 11 is 0. The van der Waals surface area contributed by atoms with Crippen LogP contribution >= 0.6 is 0 Å². The minimum absolute atomic E-state index is 0.0495. The van der Waals surface area contributed by atoms with Crippen molar-refractivity contribution < 1.29 is 14.3 Å². The monoisotopic (exact) mass is 407 g/mol. The number of hydrogen-bond acceptors (Lipinski definition) is 5. The number of ether oxygens (including phenoxy) is 2. The van der Waals surface area contributed by atoms with E-state index in [-0.39, 0.29) is 17.6 Å². The molecule has 1 atom stereocenters. The molecule has 0 saturated carbocycles. The van der Waals surface area contributed by atoms with Gasteiger partial charge in [0.2, 0.25) is 5.91 Å². The van der Waals surface area contributed by atoms with Crippen LogP contribution in [0.15, 0.2) is 47.3 Å².